The van der Waals surface area contributed by atoms with Gasteiger partial charge in [0.25, 0.3) is 5.91 Å². The van der Waals surface area contributed by atoms with E-state index in [0.717, 1.165) is 17.5 Å². The Labute approximate surface area is 128 Å². The molecule has 0 saturated heterocycles. The lowest BCUT2D eigenvalue weighted by Gasteiger charge is -2.26. The van der Waals surface area contributed by atoms with Crippen LogP contribution in [0.4, 0.5) is 0 Å². The molecular weight excluding hydrogens is 260 g/mol. The van der Waals surface area contributed by atoms with E-state index in [1.54, 1.807) is 0 Å². The lowest BCUT2D eigenvalue weighted by atomic mass is 10.0. The van der Waals surface area contributed by atoms with Gasteiger partial charge in [0.1, 0.15) is 0 Å². The molecule has 2 N–H and O–H groups in total. The molecule has 0 heterocycles. The summed E-state index contributed by atoms with van der Waals surface area (Å²) in [6.45, 7) is 8.74. The van der Waals surface area contributed by atoms with Crippen molar-refractivity contribution in [2.24, 2.45) is 11.7 Å². The Morgan fingerprint density at radius 2 is 2.00 bits per heavy atom. The number of aryl methyl sites for hydroxylation is 1. The van der Waals surface area contributed by atoms with Crippen molar-refractivity contribution in [3.8, 4) is 11.8 Å². The molecule has 1 aromatic carbocycles. The summed E-state index contributed by atoms with van der Waals surface area (Å²) in [4.78, 5) is 14.3. The monoisotopic (exact) mass is 286 g/mol. The molecular formula is C18H26N2O. The van der Waals surface area contributed by atoms with Crippen molar-refractivity contribution >= 4 is 5.91 Å². The molecule has 0 saturated carbocycles. The predicted octanol–water partition coefficient (Wildman–Crippen LogP) is 2.81. The number of nitrogens with two attached hydrogens (primary N) is 1. The van der Waals surface area contributed by atoms with Crippen molar-refractivity contribution in [3.05, 3.63) is 34.9 Å². The molecule has 0 spiro atoms. The second-order valence-corrected chi connectivity index (χ2v) is 5.93. The minimum absolute atomic E-state index is 0.0598. The standard InChI is InChI=1S/C18H26N2O/c1-13(2)11-15(4)20(5)18(21)17-9-8-16(7-6-10-19)14(3)12-17/h8-9,12-13,15H,10-11,19H2,1-5H3. The molecule has 21 heavy (non-hydrogen) atoms. The molecule has 1 rings (SSSR count). The van der Waals surface area contributed by atoms with Crippen molar-refractivity contribution in [1.29, 1.82) is 0 Å². The topological polar surface area (TPSA) is 46.3 Å². The van der Waals surface area contributed by atoms with Crippen LogP contribution in [0.2, 0.25) is 0 Å². The van der Waals surface area contributed by atoms with Gasteiger partial charge in [-0.25, -0.2) is 0 Å². The number of carbonyl (C=O) groups is 1. The first-order valence-corrected chi connectivity index (χ1v) is 7.43. The second kappa shape index (κ2) is 7.85. The summed E-state index contributed by atoms with van der Waals surface area (Å²) in [7, 11) is 1.87. The molecule has 0 aliphatic rings. The van der Waals surface area contributed by atoms with E-state index in [-0.39, 0.29) is 11.9 Å². The number of hydrogen-bond donors (Lipinski definition) is 1. The summed E-state index contributed by atoms with van der Waals surface area (Å²) in [5.41, 5.74) is 8.03. The average molecular weight is 286 g/mol. The quantitative estimate of drug-likeness (QED) is 0.865. The van der Waals surface area contributed by atoms with Gasteiger partial charge >= 0.3 is 0 Å². The van der Waals surface area contributed by atoms with Gasteiger partial charge in [0, 0.05) is 24.2 Å². The molecule has 114 valence electrons. The maximum atomic E-state index is 12.5. The molecule has 0 radical (unpaired) electrons. The summed E-state index contributed by atoms with van der Waals surface area (Å²) in [6, 6.07) is 5.87. The van der Waals surface area contributed by atoms with Crippen LogP contribution in [0.5, 0.6) is 0 Å². The highest BCUT2D eigenvalue weighted by Gasteiger charge is 2.18. The van der Waals surface area contributed by atoms with Crippen LogP contribution in [0.3, 0.4) is 0 Å². The number of benzene rings is 1. The van der Waals surface area contributed by atoms with E-state index < -0.39 is 0 Å². The SMILES string of the molecule is Cc1cc(C(=O)N(C)C(C)CC(C)C)ccc1C#CCN. The largest absolute Gasteiger partial charge is 0.339 e. The molecule has 0 fully saturated rings. The van der Waals surface area contributed by atoms with Gasteiger partial charge in [0.15, 0.2) is 0 Å². The van der Waals surface area contributed by atoms with E-state index in [1.165, 1.54) is 0 Å². The number of rotatable bonds is 4. The first-order chi connectivity index (χ1) is 9.86. The lowest BCUT2D eigenvalue weighted by molar-refractivity contribution is 0.0728. The van der Waals surface area contributed by atoms with Gasteiger partial charge in [-0.2, -0.15) is 0 Å². The van der Waals surface area contributed by atoms with Gasteiger partial charge in [-0.05, 0) is 49.9 Å². The fraction of sp³-hybridized carbons (Fsp3) is 0.500. The van der Waals surface area contributed by atoms with Crippen LogP contribution < -0.4 is 5.73 Å². The van der Waals surface area contributed by atoms with E-state index >= 15 is 0 Å². The zero-order chi connectivity index (χ0) is 16.0. The van der Waals surface area contributed by atoms with Gasteiger partial charge in [0.05, 0.1) is 6.54 Å². The summed E-state index contributed by atoms with van der Waals surface area (Å²) in [6.07, 6.45) is 1.00. The van der Waals surface area contributed by atoms with Gasteiger partial charge in [-0.1, -0.05) is 25.7 Å². The highest BCUT2D eigenvalue weighted by molar-refractivity contribution is 5.94. The summed E-state index contributed by atoms with van der Waals surface area (Å²) < 4.78 is 0. The van der Waals surface area contributed by atoms with E-state index in [9.17, 15) is 4.79 Å². The summed E-state index contributed by atoms with van der Waals surface area (Å²) >= 11 is 0. The van der Waals surface area contributed by atoms with Crippen molar-refractivity contribution in [2.75, 3.05) is 13.6 Å². The Balaban J connectivity index is 2.90. The lowest BCUT2D eigenvalue weighted by Crippen LogP contribution is -2.35. The zero-order valence-corrected chi connectivity index (χ0v) is 13.7. The molecule has 0 aliphatic carbocycles. The molecule has 0 bridgehead atoms. The van der Waals surface area contributed by atoms with Crippen LogP contribution in [0, 0.1) is 24.7 Å². The highest BCUT2D eigenvalue weighted by Crippen LogP contribution is 2.15. The fourth-order valence-corrected chi connectivity index (χ4v) is 2.33. The maximum absolute atomic E-state index is 12.5. The van der Waals surface area contributed by atoms with Crippen molar-refractivity contribution in [1.82, 2.24) is 4.90 Å². The summed E-state index contributed by atoms with van der Waals surface area (Å²) in [5, 5.41) is 0. The zero-order valence-electron chi connectivity index (χ0n) is 13.7. The third-order valence-electron chi connectivity index (χ3n) is 3.59. The molecule has 3 nitrogen and oxygen atoms in total. The smallest absolute Gasteiger partial charge is 0.253 e. The number of hydrogen-bond acceptors (Lipinski definition) is 2. The Bertz CT molecular complexity index is 552. The normalized spacial score (nSPS) is 11.8. The minimum atomic E-state index is 0.0598. The maximum Gasteiger partial charge on any atom is 0.253 e. The van der Waals surface area contributed by atoms with E-state index in [0.29, 0.717) is 18.0 Å². The second-order valence-electron chi connectivity index (χ2n) is 5.93. The first-order valence-electron chi connectivity index (χ1n) is 7.43. The number of carbonyl (C=O) groups excluding carboxylic acids is 1. The molecule has 1 amide bonds. The molecule has 3 heteroatoms. The van der Waals surface area contributed by atoms with Crippen LogP contribution in [0.15, 0.2) is 18.2 Å². The average Bonchev–Trinajstić information content (AvgIpc) is 2.43. The van der Waals surface area contributed by atoms with Crippen molar-refractivity contribution in [2.45, 2.75) is 40.2 Å². The van der Waals surface area contributed by atoms with Crippen molar-refractivity contribution in [3.63, 3.8) is 0 Å². The third-order valence-corrected chi connectivity index (χ3v) is 3.59. The fourth-order valence-electron chi connectivity index (χ4n) is 2.33. The van der Waals surface area contributed by atoms with Gasteiger partial charge in [-0.15, -0.1) is 0 Å². The Kier molecular flexibility index (Phi) is 6.45. The Morgan fingerprint density at radius 3 is 2.52 bits per heavy atom. The van der Waals surface area contributed by atoms with Crippen molar-refractivity contribution < 1.29 is 4.79 Å². The number of amides is 1. The van der Waals surface area contributed by atoms with E-state index in [4.69, 9.17) is 5.73 Å². The Morgan fingerprint density at radius 1 is 1.33 bits per heavy atom. The van der Waals surface area contributed by atoms with Gasteiger partial charge in [0.2, 0.25) is 0 Å². The van der Waals surface area contributed by atoms with Crippen LogP contribution in [-0.2, 0) is 0 Å². The van der Waals surface area contributed by atoms with Crippen LogP contribution in [-0.4, -0.2) is 30.4 Å². The highest BCUT2D eigenvalue weighted by atomic mass is 16.2. The molecule has 1 aromatic rings. The van der Waals surface area contributed by atoms with Crippen LogP contribution >= 0.6 is 0 Å². The van der Waals surface area contributed by atoms with Crippen LogP contribution in [0.25, 0.3) is 0 Å². The third kappa shape index (κ3) is 4.91. The molecule has 0 aromatic heterocycles. The Hall–Kier alpha value is -1.79. The summed E-state index contributed by atoms with van der Waals surface area (Å²) in [5.74, 6) is 6.49. The van der Waals surface area contributed by atoms with E-state index in [1.807, 2.05) is 37.1 Å². The van der Waals surface area contributed by atoms with Gasteiger partial charge < -0.3 is 10.6 Å². The predicted molar refractivity (Wildman–Crippen MR) is 88.1 cm³/mol. The molecule has 1 unspecified atom stereocenters. The molecule has 1 atom stereocenters. The first kappa shape index (κ1) is 17.3. The minimum Gasteiger partial charge on any atom is -0.339 e. The number of nitrogens with zero attached hydrogens (tertiary/aromatic N) is 1. The molecule has 0 aliphatic heterocycles. The van der Waals surface area contributed by atoms with Crippen LogP contribution in [0.1, 0.15) is 48.7 Å². The van der Waals surface area contributed by atoms with E-state index in [2.05, 4.69) is 32.6 Å². The van der Waals surface area contributed by atoms with Gasteiger partial charge in [-0.3, -0.25) is 4.79 Å².